The van der Waals surface area contributed by atoms with Crippen molar-refractivity contribution in [2.24, 2.45) is 5.14 Å². The van der Waals surface area contributed by atoms with Crippen molar-refractivity contribution < 1.29 is 27.6 Å². The number of benzene rings is 1. The van der Waals surface area contributed by atoms with E-state index < -0.39 is 10.0 Å². The molecule has 8 nitrogen and oxygen atoms in total. The van der Waals surface area contributed by atoms with Crippen LogP contribution in [0, 0.1) is 0 Å². The molecule has 0 aliphatic carbocycles. The van der Waals surface area contributed by atoms with Gasteiger partial charge in [0.25, 0.3) is 5.82 Å². The van der Waals surface area contributed by atoms with E-state index in [1.807, 2.05) is 12.1 Å². The molecule has 1 aromatic carbocycles. The Bertz CT molecular complexity index is 781. The third-order valence-corrected chi connectivity index (χ3v) is 4.23. The van der Waals surface area contributed by atoms with Gasteiger partial charge in [-0.2, -0.15) is 0 Å². The monoisotopic (exact) mass is 354 g/mol. The third kappa shape index (κ3) is 4.06. The van der Waals surface area contributed by atoms with E-state index in [-0.39, 0.29) is 4.90 Å². The maximum Gasteiger partial charge on any atom is 0.272 e. The first kappa shape index (κ1) is 17.8. The minimum Gasteiger partial charge on any atom is -0.493 e. The van der Waals surface area contributed by atoms with Gasteiger partial charge in [0, 0.05) is 11.6 Å². The van der Waals surface area contributed by atoms with Gasteiger partial charge in [-0.1, -0.05) is 0 Å². The van der Waals surface area contributed by atoms with Gasteiger partial charge in [0.2, 0.25) is 15.8 Å². The van der Waals surface area contributed by atoms with E-state index in [4.69, 9.17) is 19.3 Å². The Kier molecular flexibility index (Phi) is 5.47. The highest BCUT2D eigenvalue weighted by Crippen LogP contribution is 2.38. The summed E-state index contributed by atoms with van der Waals surface area (Å²) in [5.41, 5.74) is 0.897. The highest BCUT2D eigenvalue weighted by Gasteiger charge is 2.15. The second kappa shape index (κ2) is 7.37. The molecule has 1 aromatic heterocycles. The lowest BCUT2D eigenvalue weighted by atomic mass is 10.1. The van der Waals surface area contributed by atoms with Crippen LogP contribution in [-0.4, -0.2) is 29.7 Å². The predicted molar refractivity (Wildman–Crippen MR) is 87.8 cm³/mol. The van der Waals surface area contributed by atoms with Crippen molar-refractivity contribution in [2.45, 2.75) is 11.4 Å². The summed E-state index contributed by atoms with van der Waals surface area (Å²) in [6, 6.07) is 6.67. The van der Waals surface area contributed by atoms with Crippen LogP contribution in [0.1, 0.15) is 5.56 Å². The summed E-state index contributed by atoms with van der Waals surface area (Å²) in [4.78, 5) is 2.85. The number of pyridine rings is 1. The fraction of sp³-hybridized carbons (Fsp3) is 0.267. The van der Waals surface area contributed by atoms with Crippen molar-refractivity contribution in [3.63, 3.8) is 0 Å². The molecule has 0 saturated carbocycles. The maximum absolute atomic E-state index is 11.2. The van der Waals surface area contributed by atoms with Crippen LogP contribution >= 0.6 is 0 Å². The van der Waals surface area contributed by atoms with Crippen molar-refractivity contribution in [1.29, 1.82) is 0 Å². The number of rotatable bonds is 7. The summed E-state index contributed by atoms with van der Waals surface area (Å²) in [5, 5.41) is 8.19. The quantitative estimate of drug-likeness (QED) is 0.760. The molecule has 0 bridgehead atoms. The Hall–Kier alpha value is -2.52. The number of methoxy groups -OCH3 is 3. The van der Waals surface area contributed by atoms with Crippen molar-refractivity contribution in [3.05, 3.63) is 36.0 Å². The summed E-state index contributed by atoms with van der Waals surface area (Å²) >= 11 is 0. The van der Waals surface area contributed by atoms with Crippen molar-refractivity contribution in [1.82, 2.24) is 0 Å². The van der Waals surface area contributed by atoms with Gasteiger partial charge in [-0.15, -0.1) is 0 Å². The molecule has 24 heavy (non-hydrogen) atoms. The van der Waals surface area contributed by atoms with Gasteiger partial charge in [-0.3, -0.25) is 5.32 Å². The number of sulfonamides is 1. The maximum atomic E-state index is 11.2. The van der Waals surface area contributed by atoms with Gasteiger partial charge in [0.1, 0.15) is 17.6 Å². The van der Waals surface area contributed by atoms with Gasteiger partial charge in [-0.25, -0.2) is 18.5 Å². The number of primary sulfonamides is 1. The Balaban J connectivity index is 2.17. The molecule has 0 saturated heterocycles. The van der Waals surface area contributed by atoms with Crippen molar-refractivity contribution >= 4 is 15.8 Å². The largest absolute Gasteiger partial charge is 0.493 e. The number of aromatic amines is 1. The molecule has 0 radical (unpaired) electrons. The summed E-state index contributed by atoms with van der Waals surface area (Å²) in [5.74, 6) is 2.27. The molecule has 0 fully saturated rings. The molecular formula is C15H20N3O5S+. The SMILES string of the molecule is COc1cc(CNc2ccc(S(N)(=O)=O)c[nH+]2)cc(OC)c1OC. The van der Waals surface area contributed by atoms with Gasteiger partial charge < -0.3 is 14.2 Å². The fourth-order valence-electron chi connectivity index (χ4n) is 2.13. The molecular weight excluding hydrogens is 334 g/mol. The molecule has 0 spiro atoms. The number of nitrogens with one attached hydrogen (secondary N) is 2. The Morgan fingerprint density at radius 3 is 2.12 bits per heavy atom. The molecule has 9 heteroatoms. The van der Waals surface area contributed by atoms with Gasteiger partial charge in [-0.05, 0) is 18.2 Å². The first-order valence-electron chi connectivity index (χ1n) is 6.96. The first-order valence-corrected chi connectivity index (χ1v) is 8.51. The number of hydrogen-bond donors (Lipinski definition) is 2. The number of hydrogen-bond acceptors (Lipinski definition) is 6. The van der Waals surface area contributed by atoms with Gasteiger partial charge >= 0.3 is 0 Å². The smallest absolute Gasteiger partial charge is 0.272 e. The van der Waals surface area contributed by atoms with Crippen molar-refractivity contribution in [3.8, 4) is 17.2 Å². The van der Waals surface area contributed by atoms with E-state index >= 15 is 0 Å². The van der Waals surface area contributed by atoms with Crippen molar-refractivity contribution in [2.75, 3.05) is 26.6 Å². The lowest BCUT2D eigenvalue weighted by Crippen LogP contribution is -2.18. The topological polar surface area (TPSA) is 114 Å². The van der Waals surface area contributed by atoms with Crippen LogP contribution in [0.15, 0.2) is 35.4 Å². The highest BCUT2D eigenvalue weighted by molar-refractivity contribution is 7.89. The molecule has 2 rings (SSSR count). The van der Waals surface area contributed by atoms with Crippen LogP contribution in [0.25, 0.3) is 0 Å². The normalized spacial score (nSPS) is 11.0. The van der Waals surface area contributed by atoms with Crippen LogP contribution in [0.4, 0.5) is 5.82 Å². The van der Waals surface area contributed by atoms with Gasteiger partial charge in [0.15, 0.2) is 11.5 Å². The van der Waals surface area contributed by atoms with E-state index in [0.29, 0.717) is 29.6 Å². The Morgan fingerprint density at radius 1 is 1.08 bits per heavy atom. The number of nitrogens with two attached hydrogens (primary N) is 1. The fourth-order valence-corrected chi connectivity index (χ4v) is 2.61. The minimum absolute atomic E-state index is 0.0147. The summed E-state index contributed by atoms with van der Waals surface area (Å²) in [6.07, 6.45) is 1.33. The third-order valence-electron chi connectivity index (χ3n) is 3.32. The van der Waals surface area contributed by atoms with Crippen LogP contribution in [0.2, 0.25) is 0 Å². The molecule has 4 N–H and O–H groups in total. The zero-order valence-corrected chi connectivity index (χ0v) is 14.4. The zero-order valence-electron chi connectivity index (χ0n) is 13.6. The molecule has 0 atom stereocenters. The number of ether oxygens (including phenoxy) is 3. The zero-order chi connectivity index (χ0) is 17.7. The van der Waals surface area contributed by atoms with Crippen LogP contribution < -0.4 is 29.7 Å². The van der Waals surface area contributed by atoms with Crippen LogP contribution in [-0.2, 0) is 16.6 Å². The average Bonchev–Trinajstić information content (AvgIpc) is 2.58. The number of anilines is 1. The lowest BCUT2D eigenvalue weighted by Gasteiger charge is -2.13. The van der Waals surface area contributed by atoms with E-state index in [9.17, 15) is 8.42 Å². The highest BCUT2D eigenvalue weighted by atomic mass is 32.2. The Labute approximate surface area is 140 Å². The lowest BCUT2D eigenvalue weighted by molar-refractivity contribution is -0.364. The molecule has 2 aromatic rings. The second-order valence-electron chi connectivity index (χ2n) is 4.87. The van der Waals surface area contributed by atoms with Gasteiger partial charge in [0.05, 0.1) is 21.3 Å². The van der Waals surface area contributed by atoms with E-state index in [2.05, 4.69) is 10.3 Å². The standard InChI is InChI=1S/C15H19N3O5S/c1-21-12-6-10(7-13(22-2)15(12)23-3)8-17-14-5-4-11(9-18-14)24(16,19)20/h4-7,9H,8H2,1-3H3,(H,17,18)(H2,16,19,20)/p+1. The number of H-pyrrole nitrogens is 1. The van der Waals surface area contributed by atoms with E-state index in [1.165, 1.54) is 12.3 Å². The van der Waals surface area contributed by atoms with Crippen LogP contribution in [0.3, 0.4) is 0 Å². The second-order valence-corrected chi connectivity index (χ2v) is 6.43. The summed E-state index contributed by atoms with van der Waals surface area (Å²) in [6.45, 7) is 0.460. The minimum atomic E-state index is -3.72. The molecule has 0 aliphatic rings. The average molecular weight is 354 g/mol. The molecule has 130 valence electrons. The summed E-state index contributed by atoms with van der Waals surface area (Å²) < 4.78 is 38.3. The summed E-state index contributed by atoms with van der Waals surface area (Å²) in [7, 11) is 0.923. The van der Waals surface area contributed by atoms with E-state index in [1.54, 1.807) is 27.4 Å². The number of aromatic nitrogens is 1. The predicted octanol–water partition coefficient (Wildman–Crippen LogP) is 0.786. The molecule has 1 heterocycles. The van der Waals surface area contributed by atoms with E-state index in [0.717, 1.165) is 5.56 Å². The van der Waals surface area contributed by atoms with Crippen LogP contribution in [0.5, 0.6) is 17.2 Å². The molecule has 0 amide bonds. The Morgan fingerprint density at radius 2 is 1.71 bits per heavy atom. The first-order chi connectivity index (χ1) is 11.4. The molecule has 0 aliphatic heterocycles. The molecule has 0 unspecified atom stereocenters.